The Bertz CT molecular complexity index is 980. The molecular weight excluding hydrogens is 328 g/mol. The molecule has 0 aliphatic rings. The van der Waals surface area contributed by atoms with Crippen LogP contribution in [0.15, 0.2) is 71.0 Å². The van der Waals surface area contributed by atoms with E-state index in [4.69, 9.17) is 16.3 Å². The van der Waals surface area contributed by atoms with Gasteiger partial charge >= 0.3 is 5.97 Å². The van der Waals surface area contributed by atoms with Gasteiger partial charge in [-0.15, -0.1) is 0 Å². The molecule has 0 amide bonds. The van der Waals surface area contributed by atoms with Crippen LogP contribution in [0.25, 0.3) is 16.5 Å². The van der Waals surface area contributed by atoms with Crippen LogP contribution in [0.5, 0.6) is 0 Å². The quantitative estimate of drug-likeness (QED) is 0.684. The molecule has 0 unspecified atom stereocenters. The van der Waals surface area contributed by atoms with Crippen LogP contribution in [-0.4, -0.2) is 22.4 Å². The fraction of sp³-hybridized carbons (Fsp3) is 0.0556. The maximum absolute atomic E-state index is 12.7. The maximum Gasteiger partial charge on any atom is 0.359 e. The van der Waals surface area contributed by atoms with E-state index in [-0.39, 0.29) is 22.9 Å². The first-order chi connectivity index (χ1) is 11.6. The Hall–Kier alpha value is -2.92. The van der Waals surface area contributed by atoms with E-state index in [2.05, 4.69) is 11.7 Å². The number of fused-ring (bicyclic) bond motifs is 1. The number of halogens is 1. The zero-order valence-corrected chi connectivity index (χ0v) is 13.4. The highest BCUT2D eigenvalue weighted by Crippen LogP contribution is 2.16. The average molecular weight is 341 g/mol. The minimum Gasteiger partial charge on any atom is -0.455 e. The molecule has 1 heterocycles. The van der Waals surface area contributed by atoms with Gasteiger partial charge in [0.2, 0.25) is 0 Å². The monoisotopic (exact) mass is 340 g/mol. The Balaban J connectivity index is 2.21. The first-order valence-corrected chi connectivity index (χ1v) is 7.53. The third-order valence-corrected chi connectivity index (χ3v) is 3.47. The van der Waals surface area contributed by atoms with Gasteiger partial charge in [0.05, 0.1) is 11.1 Å². The fourth-order valence-corrected chi connectivity index (χ4v) is 2.35. The molecule has 120 valence electrons. The van der Waals surface area contributed by atoms with Crippen molar-refractivity contribution in [1.29, 1.82) is 0 Å². The van der Waals surface area contributed by atoms with Gasteiger partial charge in [-0.3, -0.25) is 4.79 Å². The number of para-hydroxylation sites is 1. The number of aromatic nitrogens is 2. The SMILES string of the molecule is C=C(Cl)COC(=O)c1nn(-c2ccccc2)c(=O)c2ccccc12. The molecule has 0 aliphatic heterocycles. The molecule has 1 aromatic heterocycles. The van der Waals surface area contributed by atoms with Crippen molar-refractivity contribution in [3.8, 4) is 5.69 Å². The Morgan fingerprint density at radius 3 is 2.38 bits per heavy atom. The number of benzene rings is 2. The molecule has 24 heavy (non-hydrogen) atoms. The highest BCUT2D eigenvalue weighted by molar-refractivity contribution is 6.29. The third kappa shape index (κ3) is 3.07. The normalized spacial score (nSPS) is 10.5. The van der Waals surface area contributed by atoms with Crippen molar-refractivity contribution in [3.63, 3.8) is 0 Å². The second-order valence-corrected chi connectivity index (χ2v) is 5.57. The Labute approximate surface area is 142 Å². The van der Waals surface area contributed by atoms with E-state index < -0.39 is 5.97 Å². The van der Waals surface area contributed by atoms with E-state index in [1.54, 1.807) is 48.5 Å². The van der Waals surface area contributed by atoms with Crippen molar-refractivity contribution in [3.05, 3.63) is 82.3 Å². The second-order valence-electron chi connectivity index (χ2n) is 5.04. The predicted octanol–water partition coefficient (Wildman–Crippen LogP) is 3.30. The van der Waals surface area contributed by atoms with Gasteiger partial charge in [0.25, 0.3) is 5.56 Å². The summed E-state index contributed by atoms with van der Waals surface area (Å²) >= 11 is 5.63. The summed E-state index contributed by atoms with van der Waals surface area (Å²) < 4.78 is 6.27. The van der Waals surface area contributed by atoms with Gasteiger partial charge in [-0.25, -0.2) is 4.79 Å². The van der Waals surface area contributed by atoms with Gasteiger partial charge < -0.3 is 4.74 Å². The molecule has 0 saturated carbocycles. The van der Waals surface area contributed by atoms with Crippen LogP contribution in [0.2, 0.25) is 0 Å². The van der Waals surface area contributed by atoms with Gasteiger partial charge in [-0.05, 0) is 18.2 Å². The molecule has 5 nitrogen and oxygen atoms in total. The van der Waals surface area contributed by atoms with Crippen LogP contribution in [-0.2, 0) is 4.74 Å². The Morgan fingerprint density at radius 1 is 1.08 bits per heavy atom. The smallest absolute Gasteiger partial charge is 0.359 e. The van der Waals surface area contributed by atoms with Gasteiger partial charge in [0.1, 0.15) is 6.61 Å². The average Bonchev–Trinajstić information content (AvgIpc) is 2.61. The Morgan fingerprint density at radius 2 is 1.71 bits per heavy atom. The molecule has 3 aromatic rings. The van der Waals surface area contributed by atoms with Crippen molar-refractivity contribution in [2.45, 2.75) is 0 Å². The summed E-state index contributed by atoms with van der Waals surface area (Å²) in [5.74, 6) is -0.669. The predicted molar refractivity (Wildman–Crippen MR) is 92.6 cm³/mol. The summed E-state index contributed by atoms with van der Waals surface area (Å²) in [5, 5.41) is 5.22. The minimum absolute atomic E-state index is 0.0481. The molecular formula is C18H13ClN2O3. The number of hydrogen-bond acceptors (Lipinski definition) is 4. The van der Waals surface area contributed by atoms with Crippen molar-refractivity contribution in [1.82, 2.24) is 9.78 Å². The lowest BCUT2D eigenvalue weighted by molar-refractivity contribution is 0.0539. The van der Waals surface area contributed by atoms with E-state index >= 15 is 0 Å². The van der Waals surface area contributed by atoms with E-state index in [1.807, 2.05) is 6.07 Å². The van der Waals surface area contributed by atoms with Crippen LogP contribution in [0.3, 0.4) is 0 Å². The molecule has 0 bridgehead atoms. The number of ether oxygens (including phenoxy) is 1. The maximum atomic E-state index is 12.7. The summed E-state index contributed by atoms with van der Waals surface area (Å²) in [7, 11) is 0. The molecule has 6 heteroatoms. The van der Waals surface area contributed by atoms with Crippen molar-refractivity contribution in [2.24, 2.45) is 0 Å². The van der Waals surface area contributed by atoms with E-state index in [1.165, 1.54) is 4.68 Å². The fourth-order valence-electron chi connectivity index (χ4n) is 2.30. The van der Waals surface area contributed by atoms with Gasteiger partial charge in [0, 0.05) is 10.4 Å². The molecule has 2 aromatic carbocycles. The number of carbonyl (C=O) groups is 1. The van der Waals surface area contributed by atoms with E-state index in [9.17, 15) is 9.59 Å². The molecule has 0 spiro atoms. The summed E-state index contributed by atoms with van der Waals surface area (Å²) in [6.07, 6.45) is 0. The summed E-state index contributed by atoms with van der Waals surface area (Å²) in [4.78, 5) is 25.0. The van der Waals surface area contributed by atoms with Crippen molar-refractivity contribution >= 4 is 28.3 Å². The molecule has 0 N–H and O–H groups in total. The van der Waals surface area contributed by atoms with Gasteiger partial charge in [0.15, 0.2) is 5.69 Å². The van der Waals surface area contributed by atoms with Crippen LogP contribution in [0, 0.1) is 0 Å². The molecule has 0 aliphatic carbocycles. The standard InChI is InChI=1S/C18H13ClN2O3/c1-12(19)11-24-18(23)16-14-9-5-6-10-15(14)17(22)21(20-16)13-7-3-2-4-8-13/h2-10H,1,11H2. The highest BCUT2D eigenvalue weighted by Gasteiger charge is 2.18. The number of nitrogens with zero attached hydrogens (tertiary/aromatic N) is 2. The largest absolute Gasteiger partial charge is 0.455 e. The highest BCUT2D eigenvalue weighted by atomic mass is 35.5. The van der Waals surface area contributed by atoms with Crippen molar-refractivity contribution < 1.29 is 9.53 Å². The Kier molecular flexibility index (Phi) is 4.44. The lowest BCUT2D eigenvalue weighted by atomic mass is 10.1. The molecule has 0 radical (unpaired) electrons. The second kappa shape index (κ2) is 6.68. The van der Waals surface area contributed by atoms with E-state index in [0.29, 0.717) is 16.5 Å². The van der Waals surface area contributed by atoms with Crippen LogP contribution >= 0.6 is 11.6 Å². The zero-order valence-electron chi connectivity index (χ0n) is 12.6. The molecule has 0 saturated heterocycles. The molecule has 0 fully saturated rings. The number of carbonyl (C=O) groups excluding carboxylic acids is 1. The van der Waals surface area contributed by atoms with E-state index in [0.717, 1.165) is 0 Å². The summed E-state index contributed by atoms with van der Waals surface area (Å²) in [6.45, 7) is 3.35. The van der Waals surface area contributed by atoms with Gasteiger partial charge in [-0.2, -0.15) is 9.78 Å². The van der Waals surface area contributed by atoms with Gasteiger partial charge in [-0.1, -0.05) is 54.6 Å². The lowest BCUT2D eigenvalue weighted by Gasteiger charge is -2.10. The number of esters is 1. The topological polar surface area (TPSA) is 61.2 Å². The zero-order chi connectivity index (χ0) is 17.1. The summed E-state index contributed by atoms with van der Waals surface area (Å²) in [5.41, 5.74) is 0.297. The first kappa shape index (κ1) is 16.0. The number of rotatable bonds is 4. The lowest BCUT2D eigenvalue weighted by Crippen LogP contribution is -2.25. The number of hydrogen-bond donors (Lipinski definition) is 0. The molecule has 0 atom stereocenters. The van der Waals surface area contributed by atoms with Crippen LogP contribution in [0.1, 0.15) is 10.5 Å². The minimum atomic E-state index is -0.669. The van der Waals surface area contributed by atoms with Crippen molar-refractivity contribution in [2.75, 3.05) is 6.61 Å². The summed E-state index contributed by atoms with van der Waals surface area (Å²) in [6, 6.07) is 15.6. The molecule has 3 rings (SSSR count). The first-order valence-electron chi connectivity index (χ1n) is 7.16. The van der Waals surface area contributed by atoms with Crippen LogP contribution < -0.4 is 5.56 Å². The third-order valence-electron chi connectivity index (χ3n) is 3.36. The van der Waals surface area contributed by atoms with Crippen LogP contribution in [0.4, 0.5) is 0 Å².